The molecular weight excluding hydrogens is 433 g/mol. The summed E-state index contributed by atoms with van der Waals surface area (Å²) in [5.74, 6) is -0.329. The molecule has 1 unspecified atom stereocenters. The topological polar surface area (TPSA) is 59.4 Å². The molecule has 2 aromatic rings. The fraction of sp³-hybridized carbons (Fsp3) is 0.429. The van der Waals surface area contributed by atoms with Gasteiger partial charge in [-0.2, -0.15) is 18.3 Å². The summed E-state index contributed by atoms with van der Waals surface area (Å²) in [5, 5.41) is 7.46. The van der Waals surface area contributed by atoms with Crippen LogP contribution in [0, 0.1) is 6.92 Å². The van der Waals surface area contributed by atoms with Crippen LogP contribution >= 0.6 is 11.6 Å². The average molecular weight is 457 g/mol. The highest BCUT2D eigenvalue weighted by molar-refractivity contribution is 6.31. The van der Waals surface area contributed by atoms with Crippen LogP contribution in [0.1, 0.15) is 28.4 Å². The van der Waals surface area contributed by atoms with Gasteiger partial charge in [0.1, 0.15) is 5.15 Å². The number of carbonyl (C=O) groups is 1. The Morgan fingerprint density at radius 3 is 2.48 bits per heavy atom. The van der Waals surface area contributed by atoms with E-state index in [2.05, 4.69) is 15.3 Å². The molecule has 1 N–H and O–H groups in total. The van der Waals surface area contributed by atoms with Gasteiger partial charge in [-0.3, -0.25) is 14.4 Å². The zero-order valence-electron chi connectivity index (χ0n) is 17.2. The van der Waals surface area contributed by atoms with E-state index in [1.807, 2.05) is 0 Å². The standard InChI is InChI=1S/C21H24ClF3N4O2/c1-14-17(20(22)28(2)27-14)7-8-19(30)26-13-18(29-9-11-31-12-10-29)15-3-5-16(6-4-15)21(23,24)25/h3-8,18H,9-13H2,1-2H3,(H,26,30)/b8-7+. The summed E-state index contributed by atoms with van der Waals surface area (Å²) in [5.41, 5.74) is 1.36. The Balaban J connectivity index is 1.71. The number of alkyl halides is 3. The van der Waals surface area contributed by atoms with E-state index >= 15 is 0 Å². The van der Waals surface area contributed by atoms with Gasteiger partial charge in [-0.15, -0.1) is 0 Å². The first-order valence-corrected chi connectivity index (χ1v) is 10.2. The van der Waals surface area contributed by atoms with Crippen molar-refractivity contribution in [3.63, 3.8) is 0 Å². The van der Waals surface area contributed by atoms with Gasteiger partial charge in [0.2, 0.25) is 5.91 Å². The molecule has 1 amide bonds. The Morgan fingerprint density at radius 2 is 1.94 bits per heavy atom. The van der Waals surface area contributed by atoms with Crippen molar-refractivity contribution in [2.45, 2.75) is 19.1 Å². The van der Waals surface area contributed by atoms with Crippen LogP contribution in [0.3, 0.4) is 0 Å². The van der Waals surface area contributed by atoms with Crippen LogP contribution in [0.15, 0.2) is 30.3 Å². The molecular formula is C21H24ClF3N4O2. The van der Waals surface area contributed by atoms with Gasteiger partial charge in [0.05, 0.1) is 30.5 Å². The molecule has 0 radical (unpaired) electrons. The first kappa shape index (κ1) is 23.3. The number of benzene rings is 1. The summed E-state index contributed by atoms with van der Waals surface area (Å²) in [6.45, 7) is 4.36. The van der Waals surface area contributed by atoms with Crippen molar-refractivity contribution in [2.24, 2.45) is 7.05 Å². The summed E-state index contributed by atoms with van der Waals surface area (Å²) in [6.07, 6.45) is -1.42. The molecule has 31 heavy (non-hydrogen) atoms. The van der Waals surface area contributed by atoms with Gasteiger partial charge in [0, 0.05) is 38.3 Å². The van der Waals surface area contributed by atoms with Gasteiger partial charge >= 0.3 is 6.18 Å². The number of hydrogen-bond acceptors (Lipinski definition) is 4. The molecule has 1 aliphatic rings. The van der Waals surface area contributed by atoms with Crippen LogP contribution in [-0.4, -0.2) is 53.4 Å². The van der Waals surface area contributed by atoms with Crippen LogP contribution in [0.5, 0.6) is 0 Å². The second-order valence-corrected chi connectivity index (χ2v) is 7.63. The van der Waals surface area contributed by atoms with E-state index in [-0.39, 0.29) is 18.5 Å². The molecule has 1 atom stereocenters. The molecule has 1 aromatic carbocycles. The van der Waals surface area contributed by atoms with Crippen LogP contribution in [0.4, 0.5) is 13.2 Å². The SMILES string of the molecule is Cc1nn(C)c(Cl)c1/C=C/C(=O)NCC(c1ccc(C(F)(F)F)cc1)N1CCOCC1. The van der Waals surface area contributed by atoms with E-state index in [1.54, 1.807) is 20.0 Å². The summed E-state index contributed by atoms with van der Waals surface area (Å²) >= 11 is 6.17. The predicted octanol–water partition coefficient (Wildman–Crippen LogP) is 3.60. The summed E-state index contributed by atoms with van der Waals surface area (Å²) in [6, 6.07) is 4.79. The number of aryl methyl sites for hydroxylation is 2. The van der Waals surface area contributed by atoms with Crippen LogP contribution < -0.4 is 5.32 Å². The van der Waals surface area contributed by atoms with Gasteiger partial charge in [-0.25, -0.2) is 0 Å². The van der Waals surface area contributed by atoms with E-state index in [9.17, 15) is 18.0 Å². The van der Waals surface area contributed by atoms with E-state index in [1.165, 1.54) is 22.9 Å². The molecule has 1 fully saturated rings. The lowest BCUT2D eigenvalue weighted by Gasteiger charge is -2.35. The molecule has 1 aliphatic heterocycles. The van der Waals surface area contributed by atoms with Crippen molar-refractivity contribution < 1.29 is 22.7 Å². The van der Waals surface area contributed by atoms with E-state index in [0.29, 0.717) is 48.3 Å². The van der Waals surface area contributed by atoms with Gasteiger partial charge in [-0.1, -0.05) is 23.7 Å². The first-order chi connectivity index (χ1) is 14.7. The monoisotopic (exact) mass is 456 g/mol. The number of morpholine rings is 1. The minimum atomic E-state index is -4.39. The Labute approximate surface area is 183 Å². The number of hydrogen-bond donors (Lipinski definition) is 1. The lowest BCUT2D eigenvalue weighted by Crippen LogP contribution is -2.43. The molecule has 0 aliphatic carbocycles. The van der Waals surface area contributed by atoms with Gasteiger partial charge in [0.25, 0.3) is 0 Å². The highest BCUT2D eigenvalue weighted by Gasteiger charge is 2.31. The predicted molar refractivity (Wildman–Crippen MR) is 112 cm³/mol. The number of halogens is 4. The Hall–Kier alpha value is -2.36. The highest BCUT2D eigenvalue weighted by atomic mass is 35.5. The molecule has 3 rings (SSSR count). The van der Waals surface area contributed by atoms with Crippen LogP contribution in [-0.2, 0) is 22.8 Å². The van der Waals surface area contributed by atoms with E-state index in [4.69, 9.17) is 16.3 Å². The number of amides is 1. The van der Waals surface area contributed by atoms with Crippen molar-refractivity contribution in [2.75, 3.05) is 32.8 Å². The third-order valence-corrected chi connectivity index (χ3v) is 5.62. The second-order valence-electron chi connectivity index (χ2n) is 7.28. The zero-order valence-corrected chi connectivity index (χ0v) is 18.0. The molecule has 0 spiro atoms. The summed E-state index contributed by atoms with van der Waals surface area (Å²) in [7, 11) is 1.71. The number of nitrogens with one attached hydrogen (secondary N) is 1. The van der Waals surface area contributed by atoms with Crippen molar-refractivity contribution in [3.8, 4) is 0 Å². The third kappa shape index (κ3) is 5.87. The minimum absolute atomic E-state index is 0.244. The molecule has 0 bridgehead atoms. The first-order valence-electron chi connectivity index (χ1n) is 9.81. The molecule has 168 valence electrons. The molecule has 6 nitrogen and oxygen atoms in total. The fourth-order valence-electron chi connectivity index (χ4n) is 3.49. The maximum absolute atomic E-state index is 12.9. The quantitative estimate of drug-likeness (QED) is 0.675. The number of ether oxygens (including phenoxy) is 1. The maximum atomic E-state index is 12.9. The van der Waals surface area contributed by atoms with E-state index in [0.717, 1.165) is 12.1 Å². The Kier molecular flexibility index (Phi) is 7.40. The normalized spacial score (nSPS) is 16.6. The molecule has 10 heteroatoms. The van der Waals surface area contributed by atoms with Crippen molar-refractivity contribution >= 4 is 23.6 Å². The number of rotatable bonds is 6. The smallest absolute Gasteiger partial charge is 0.379 e. The molecule has 1 saturated heterocycles. The van der Waals surface area contributed by atoms with Crippen molar-refractivity contribution in [1.82, 2.24) is 20.0 Å². The number of carbonyl (C=O) groups excluding carboxylic acids is 1. The van der Waals surface area contributed by atoms with Crippen molar-refractivity contribution in [3.05, 3.63) is 57.9 Å². The maximum Gasteiger partial charge on any atom is 0.416 e. The number of nitrogens with zero attached hydrogens (tertiary/aromatic N) is 3. The Morgan fingerprint density at radius 1 is 1.29 bits per heavy atom. The lowest BCUT2D eigenvalue weighted by atomic mass is 10.0. The highest BCUT2D eigenvalue weighted by Crippen LogP contribution is 2.31. The largest absolute Gasteiger partial charge is 0.416 e. The summed E-state index contributed by atoms with van der Waals surface area (Å²) < 4.78 is 45.6. The molecule has 2 heterocycles. The molecule has 0 saturated carbocycles. The average Bonchev–Trinajstić information content (AvgIpc) is 2.98. The Bertz CT molecular complexity index is 935. The van der Waals surface area contributed by atoms with Crippen LogP contribution in [0.2, 0.25) is 5.15 Å². The number of aromatic nitrogens is 2. The van der Waals surface area contributed by atoms with Crippen LogP contribution in [0.25, 0.3) is 6.08 Å². The summed E-state index contributed by atoms with van der Waals surface area (Å²) in [4.78, 5) is 14.5. The lowest BCUT2D eigenvalue weighted by molar-refractivity contribution is -0.137. The zero-order chi connectivity index (χ0) is 22.6. The van der Waals surface area contributed by atoms with Gasteiger partial charge in [0.15, 0.2) is 0 Å². The second kappa shape index (κ2) is 9.84. The van der Waals surface area contributed by atoms with Gasteiger partial charge in [-0.05, 0) is 30.7 Å². The molecule has 1 aromatic heterocycles. The third-order valence-electron chi connectivity index (χ3n) is 5.18. The van der Waals surface area contributed by atoms with Crippen molar-refractivity contribution in [1.29, 1.82) is 0 Å². The van der Waals surface area contributed by atoms with Gasteiger partial charge < -0.3 is 10.1 Å². The van der Waals surface area contributed by atoms with E-state index < -0.39 is 11.7 Å². The fourth-order valence-corrected chi connectivity index (χ4v) is 3.73. The minimum Gasteiger partial charge on any atom is -0.379 e.